The van der Waals surface area contributed by atoms with Gasteiger partial charge in [0, 0.05) is 53.5 Å². The maximum absolute atomic E-state index is 6.54. The molecule has 0 bridgehead atoms. The summed E-state index contributed by atoms with van der Waals surface area (Å²) < 4.78 is 2.33. The second kappa shape index (κ2) is 12.1. The standard InChI is InChI=1S/C43H21B5N4S/c44-36-35(37(45)39(47)40(48)38(36)46)43-50-41(49-42(51-43)24-17-20-28-27-10-2-4-14-32(27)53-33(28)21-24)23-15-18-25(19-16-23)52-30-12-3-1-9-26(30)29-11-5-7-22-8-6-13-31(52)34(22)29/h1-21H. The minimum atomic E-state index is 0.127. The van der Waals surface area contributed by atoms with Crippen molar-refractivity contribution in [1.82, 2.24) is 15.0 Å². The van der Waals surface area contributed by atoms with Crippen LogP contribution in [0.5, 0.6) is 0 Å². The molecule has 10 radical (unpaired) electrons. The summed E-state index contributed by atoms with van der Waals surface area (Å²) in [5.74, 6) is 1.13. The summed E-state index contributed by atoms with van der Waals surface area (Å²) >= 11 is 1.72. The van der Waals surface area contributed by atoms with E-state index in [1.165, 1.54) is 37.4 Å². The molecule has 10 rings (SSSR count). The Bertz CT molecular complexity index is 2950. The van der Waals surface area contributed by atoms with Crippen molar-refractivity contribution in [2.45, 2.75) is 0 Å². The highest BCUT2D eigenvalue weighted by atomic mass is 32.1. The first-order valence-electron chi connectivity index (χ1n) is 17.1. The van der Waals surface area contributed by atoms with Gasteiger partial charge in [0.25, 0.3) is 0 Å². The second-order valence-electron chi connectivity index (χ2n) is 13.1. The van der Waals surface area contributed by atoms with Crippen molar-refractivity contribution < 1.29 is 0 Å². The lowest BCUT2D eigenvalue weighted by molar-refractivity contribution is 1.08. The summed E-state index contributed by atoms with van der Waals surface area (Å²) in [7, 11) is 31.8. The number of hydrogen-bond acceptors (Lipinski definition) is 5. The van der Waals surface area contributed by atoms with Crippen LogP contribution in [0.1, 0.15) is 0 Å². The van der Waals surface area contributed by atoms with E-state index in [0.717, 1.165) is 32.9 Å². The van der Waals surface area contributed by atoms with E-state index in [1.807, 2.05) is 18.2 Å². The Balaban J connectivity index is 1.14. The molecule has 0 amide bonds. The molecular formula is C43H21B5N4S. The Kier molecular flexibility index (Phi) is 7.28. The van der Waals surface area contributed by atoms with Crippen molar-refractivity contribution in [3.8, 4) is 45.3 Å². The van der Waals surface area contributed by atoms with Crippen molar-refractivity contribution in [3.63, 3.8) is 0 Å². The van der Waals surface area contributed by atoms with Crippen molar-refractivity contribution in [1.29, 1.82) is 0 Å². The molecule has 0 saturated carbocycles. The van der Waals surface area contributed by atoms with E-state index in [-0.39, 0.29) is 33.1 Å². The molecule has 0 atom stereocenters. The molecule has 2 aromatic heterocycles. The highest BCUT2D eigenvalue weighted by Crippen LogP contribution is 2.50. The van der Waals surface area contributed by atoms with Gasteiger partial charge in [0.1, 0.15) is 39.2 Å². The smallest absolute Gasteiger partial charge is 0.164 e. The molecule has 10 heteroatoms. The number of aromatic nitrogens is 3. The molecule has 4 nitrogen and oxygen atoms in total. The predicted octanol–water partition coefficient (Wildman–Crippen LogP) is 5.81. The van der Waals surface area contributed by atoms with Gasteiger partial charge in [-0.25, -0.2) is 15.0 Å². The van der Waals surface area contributed by atoms with Crippen LogP contribution in [0.2, 0.25) is 0 Å². The summed E-state index contributed by atoms with van der Waals surface area (Å²) in [4.78, 5) is 17.2. The van der Waals surface area contributed by atoms with E-state index < -0.39 is 0 Å². The Hall–Kier alpha value is -5.85. The van der Waals surface area contributed by atoms with Crippen molar-refractivity contribution in [2.75, 3.05) is 4.90 Å². The van der Waals surface area contributed by atoms with Gasteiger partial charge in [-0.2, -0.15) is 0 Å². The molecule has 9 aromatic rings. The topological polar surface area (TPSA) is 41.9 Å². The maximum Gasteiger partial charge on any atom is 0.164 e. The molecule has 7 aromatic carbocycles. The molecule has 53 heavy (non-hydrogen) atoms. The van der Waals surface area contributed by atoms with Crippen LogP contribution in [0.15, 0.2) is 127 Å². The van der Waals surface area contributed by atoms with Gasteiger partial charge in [-0.15, -0.1) is 27.7 Å². The lowest BCUT2D eigenvalue weighted by Crippen LogP contribution is -2.55. The van der Waals surface area contributed by atoms with Crippen LogP contribution in [0.3, 0.4) is 0 Å². The Morgan fingerprint density at radius 2 is 1.04 bits per heavy atom. The lowest BCUT2D eigenvalue weighted by atomic mass is 9.60. The lowest BCUT2D eigenvalue weighted by Gasteiger charge is -2.33. The molecule has 3 heterocycles. The first-order chi connectivity index (χ1) is 25.9. The molecule has 1 aliphatic heterocycles. The van der Waals surface area contributed by atoms with Gasteiger partial charge in [-0.3, -0.25) is 0 Å². The van der Waals surface area contributed by atoms with Crippen LogP contribution < -0.4 is 32.2 Å². The minimum Gasteiger partial charge on any atom is -0.309 e. The Labute approximate surface area is 317 Å². The van der Waals surface area contributed by atoms with E-state index in [9.17, 15) is 0 Å². The number of benzene rings is 7. The molecule has 0 unspecified atom stereocenters. The van der Waals surface area contributed by atoms with Crippen molar-refractivity contribution in [3.05, 3.63) is 127 Å². The first-order valence-corrected chi connectivity index (χ1v) is 17.9. The number of rotatable bonds is 4. The summed E-state index contributed by atoms with van der Waals surface area (Å²) in [6, 6.07) is 44.3. The van der Waals surface area contributed by atoms with Gasteiger partial charge in [0.2, 0.25) is 0 Å². The Morgan fingerprint density at radius 1 is 0.453 bits per heavy atom. The number of fused-ring (bicyclic) bond motifs is 5. The average Bonchev–Trinajstić information content (AvgIpc) is 3.58. The predicted molar refractivity (Wildman–Crippen MR) is 227 cm³/mol. The molecular weight excluding hydrogens is 659 g/mol. The Morgan fingerprint density at radius 3 is 1.83 bits per heavy atom. The molecule has 0 saturated heterocycles. The fourth-order valence-corrected chi connectivity index (χ4v) is 8.64. The van der Waals surface area contributed by atoms with Crippen LogP contribution in [-0.2, 0) is 0 Å². The molecule has 0 N–H and O–H groups in total. The van der Waals surface area contributed by atoms with Crippen molar-refractivity contribution in [2.24, 2.45) is 0 Å². The highest BCUT2D eigenvalue weighted by molar-refractivity contribution is 7.25. The molecule has 0 fully saturated rings. The quantitative estimate of drug-likeness (QED) is 0.220. The average molecular weight is 680 g/mol. The zero-order valence-electron chi connectivity index (χ0n) is 28.2. The van der Waals surface area contributed by atoms with Gasteiger partial charge in [-0.1, -0.05) is 89.8 Å². The number of thiophene rings is 1. The van der Waals surface area contributed by atoms with Gasteiger partial charge < -0.3 is 4.90 Å². The monoisotopic (exact) mass is 680 g/mol. The third-order valence-corrected chi connectivity index (χ3v) is 11.3. The van der Waals surface area contributed by atoms with Crippen LogP contribution in [-0.4, -0.2) is 54.2 Å². The van der Waals surface area contributed by atoms with Gasteiger partial charge >= 0.3 is 0 Å². The van der Waals surface area contributed by atoms with Gasteiger partial charge in [0.15, 0.2) is 17.5 Å². The molecule has 1 aliphatic rings. The SMILES string of the molecule is [B]c1c([B])c([B])c(-c2nc(-c3ccc(N4c5ccccc5-c5cccc6cccc4c56)cc3)nc(-c3ccc4c(c3)sc3ccccc34)n2)c([B])c1[B]. The molecule has 0 aliphatic carbocycles. The summed E-state index contributed by atoms with van der Waals surface area (Å²) in [6.07, 6.45) is 0. The molecule has 234 valence electrons. The minimum absolute atomic E-state index is 0.127. The van der Waals surface area contributed by atoms with E-state index in [1.54, 1.807) is 11.3 Å². The van der Waals surface area contributed by atoms with E-state index in [0.29, 0.717) is 17.2 Å². The molecule has 0 spiro atoms. The fourth-order valence-electron chi connectivity index (χ4n) is 7.50. The third-order valence-electron chi connectivity index (χ3n) is 10.1. The zero-order valence-corrected chi connectivity index (χ0v) is 29.0. The van der Waals surface area contributed by atoms with Crippen molar-refractivity contribution >= 4 is 126 Å². The summed E-state index contributed by atoms with van der Waals surface area (Å²) in [6.45, 7) is 0. The maximum atomic E-state index is 6.54. The first kappa shape index (κ1) is 31.9. The van der Waals surface area contributed by atoms with Crippen LogP contribution >= 0.6 is 11.3 Å². The van der Waals surface area contributed by atoms with Crippen LogP contribution in [0.4, 0.5) is 17.1 Å². The van der Waals surface area contributed by atoms with Crippen LogP contribution in [0, 0.1) is 0 Å². The second-order valence-corrected chi connectivity index (χ2v) is 14.2. The zero-order chi connectivity index (χ0) is 36.0. The largest absolute Gasteiger partial charge is 0.309 e. The normalized spacial score (nSPS) is 12.1. The third kappa shape index (κ3) is 4.93. The van der Waals surface area contributed by atoms with Crippen LogP contribution in [0.25, 0.3) is 76.2 Å². The fraction of sp³-hybridized carbons (Fsp3) is 0. The highest BCUT2D eigenvalue weighted by Gasteiger charge is 2.26. The summed E-state index contributed by atoms with van der Waals surface area (Å²) in [5.41, 5.74) is 8.24. The number of para-hydroxylation sites is 1. The van der Waals surface area contributed by atoms with Gasteiger partial charge in [-0.05, 0) is 59.5 Å². The number of hydrogen-bond donors (Lipinski definition) is 0. The van der Waals surface area contributed by atoms with Gasteiger partial charge in [0.05, 0.1) is 11.4 Å². The number of nitrogens with zero attached hydrogens (tertiary/aromatic N) is 4. The van der Waals surface area contributed by atoms with E-state index in [4.69, 9.17) is 54.2 Å². The number of anilines is 3. The summed E-state index contributed by atoms with van der Waals surface area (Å²) in [5, 5.41) is 4.79. The van der Waals surface area contributed by atoms with E-state index >= 15 is 0 Å². The van der Waals surface area contributed by atoms with E-state index in [2.05, 4.69) is 114 Å².